The average molecular weight is 650 g/mol. The van der Waals surface area contributed by atoms with Gasteiger partial charge < -0.3 is 40.4 Å². The highest BCUT2D eigenvalue weighted by Crippen LogP contribution is 2.63. The summed E-state index contributed by atoms with van der Waals surface area (Å²) in [6.45, 7) is 6.33. The molecule has 1 aliphatic heterocycles. The molecule has 2 bridgehead atoms. The zero-order valence-electron chi connectivity index (χ0n) is 27.0. The van der Waals surface area contributed by atoms with Crippen molar-refractivity contribution in [2.24, 2.45) is 22.5 Å². The van der Waals surface area contributed by atoms with Crippen LogP contribution in [0, 0.1) is 16.7 Å². The first-order chi connectivity index (χ1) is 22.1. The summed E-state index contributed by atoms with van der Waals surface area (Å²) in [7, 11) is 0. The summed E-state index contributed by atoms with van der Waals surface area (Å²) in [5.41, 5.74) is 0.679. The van der Waals surface area contributed by atoms with E-state index in [9.17, 15) is 34.8 Å². The number of fused-ring (bicyclic) bond motifs is 5. The molecule has 3 aliphatic carbocycles. The van der Waals surface area contributed by atoms with Crippen LogP contribution in [0.3, 0.4) is 0 Å². The molecule has 4 aliphatic rings. The van der Waals surface area contributed by atoms with E-state index >= 15 is 0 Å². The van der Waals surface area contributed by atoms with Crippen LogP contribution in [0.2, 0.25) is 0 Å². The number of aliphatic hydroxyl groups is 4. The van der Waals surface area contributed by atoms with Crippen LogP contribution in [0.25, 0.3) is 0 Å². The zero-order chi connectivity index (χ0) is 34.1. The van der Waals surface area contributed by atoms with Gasteiger partial charge in [-0.2, -0.15) is 0 Å². The van der Waals surface area contributed by atoms with E-state index in [0.717, 1.165) is 0 Å². The van der Waals surface area contributed by atoms with Crippen LogP contribution in [0.15, 0.2) is 71.8 Å². The predicted octanol–water partition coefficient (Wildman–Crippen LogP) is 2.15. The van der Waals surface area contributed by atoms with Gasteiger partial charge in [0.25, 0.3) is 0 Å². The molecule has 252 valence electrons. The van der Waals surface area contributed by atoms with Gasteiger partial charge in [0, 0.05) is 23.2 Å². The quantitative estimate of drug-likeness (QED) is 0.228. The third-order valence-electron chi connectivity index (χ3n) is 11.5. The number of nitrogens with two attached hydrogens (primary N) is 1. The van der Waals surface area contributed by atoms with Crippen molar-refractivity contribution < 1.29 is 49.0 Å². The Balaban J connectivity index is 1.47. The number of rotatable bonds is 6. The van der Waals surface area contributed by atoms with Crippen molar-refractivity contribution in [2.75, 3.05) is 6.61 Å². The molecule has 1 heterocycles. The van der Waals surface area contributed by atoms with Gasteiger partial charge in [0.1, 0.15) is 29.5 Å². The molecule has 1 saturated heterocycles. The van der Waals surface area contributed by atoms with Crippen molar-refractivity contribution in [2.45, 2.75) is 94.7 Å². The van der Waals surface area contributed by atoms with Gasteiger partial charge in [0.05, 0.1) is 24.3 Å². The molecule has 3 fully saturated rings. The van der Waals surface area contributed by atoms with Gasteiger partial charge in [-0.1, -0.05) is 69.3 Å². The van der Waals surface area contributed by atoms with Gasteiger partial charge in [-0.05, 0) is 48.6 Å². The largest absolute Gasteiger partial charge is 0.456 e. The average Bonchev–Trinajstić information content (AvgIpc) is 3.04. The molecular weight excluding hydrogens is 606 g/mol. The van der Waals surface area contributed by atoms with Crippen LogP contribution < -0.4 is 5.73 Å². The first kappa shape index (κ1) is 33.5. The number of benzene rings is 2. The van der Waals surface area contributed by atoms with Crippen LogP contribution in [0.5, 0.6) is 0 Å². The van der Waals surface area contributed by atoms with E-state index < -0.39 is 82.2 Å². The molecule has 6 N–H and O–H groups in total. The van der Waals surface area contributed by atoms with E-state index in [-0.39, 0.29) is 30.6 Å². The topological polar surface area (TPSA) is 186 Å². The van der Waals surface area contributed by atoms with Crippen molar-refractivity contribution in [1.82, 2.24) is 0 Å². The number of hydrogen-bond acceptors (Lipinski definition) is 11. The number of esters is 2. The number of carbonyl (C=O) groups excluding carboxylic acids is 3. The van der Waals surface area contributed by atoms with E-state index in [1.165, 1.54) is 0 Å². The number of carbonyl (C=O) groups is 3. The van der Waals surface area contributed by atoms with Crippen LogP contribution in [-0.4, -0.2) is 86.5 Å². The predicted molar refractivity (Wildman–Crippen MR) is 167 cm³/mol. The Morgan fingerprint density at radius 2 is 1.62 bits per heavy atom. The van der Waals surface area contributed by atoms with Crippen molar-refractivity contribution >= 4 is 17.7 Å². The maximum atomic E-state index is 14.5. The van der Waals surface area contributed by atoms with Crippen LogP contribution in [0.1, 0.15) is 68.9 Å². The second kappa shape index (κ2) is 11.6. The van der Waals surface area contributed by atoms with E-state index in [0.29, 0.717) is 17.6 Å². The molecule has 2 aromatic rings. The van der Waals surface area contributed by atoms with Gasteiger partial charge in [-0.15, -0.1) is 0 Å². The molecule has 0 spiro atoms. The minimum Gasteiger partial charge on any atom is -0.456 e. The molecule has 11 nitrogen and oxygen atoms in total. The molecule has 2 saturated carbocycles. The minimum absolute atomic E-state index is 0.121. The summed E-state index contributed by atoms with van der Waals surface area (Å²) in [5, 5.41) is 48.0. The molecule has 0 amide bonds. The molecule has 0 aromatic heterocycles. The molecule has 9 unspecified atom stereocenters. The maximum absolute atomic E-state index is 14.5. The lowest BCUT2D eigenvalue weighted by Gasteiger charge is -2.66. The SMILES string of the molecule is CC1=C2C(O)C(=O)[C@]3(C)CCC4OCC4(O)C3C(OC(=O)c3ccccc3)C(O)(CC1OC(=O)C(O)C(N)c1ccccc1)C2(C)C. The number of aliphatic hydroxyl groups excluding tert-OH is 2. The highest BCUT2D eigenvalue weighted by atomic mass is 16.6. The van der Waals surface area contributed by atoms with Gasteiger partial charge >= 0.3 is 11.9 Å². The summed E-state index contributed by atoms with van der Waals surface area (Å²) >= 11 is 0. The van der Waals surface area contributed by atoms with Crippen molar-refractivity contribution in [3.05, 3.63) is 82.9 Å². The standard InChI is InChI=1S/C36H43NO10/c1-19-22(46-32(42)27(39)25(37)20-11-7-5-8-12-20)17-36(44)30(47-31(41)21-13-9-6-10-14-21)28-34(4,16-15-23-35(28,43)18-45-23)29(40)26(38)24(19)33(36,2)3/h5-14,22-23,25-28,30,38-39,43-44H,15-18,37H2,1-4H3/t22?,23?,25?,26?,27?,28?,30?,34-,35?,36?/m1/s1. The fourth-order valence-corrected chi connectivity index (χ4v) is 8.61. The maximum Gasteiger partial charge on any atom is 0.338 e. The van der Waals surface area contributed by atoms with E-state index in [2.05, 4.69) is 0 Å². The Morgan fingerprint density at radius 1 is 1.00 bits per heavy atom. The van der Waals surface area contributed by atoms with Crippen molar-refractivity contribution in [3.8, 4) is 0 Å². The van der Waals surface area contributed by atoms with Gasteiger partial charge in [-0.3, -0.25) is 4.79 Å². The number of hydrogen-bond donors (Lipinski definition) is 5. The Hall–Kier alpha value is -3.45. The van der Waals surface area contributed by atoms with E-state index in [1.807, 2.05) is 0 Å². The Kier molecular flexibility index (Phi) is 8.26. The lowest BCUT2D eigenvalue weighted by atomic mass is 9.45. The first-order valence-corrected chi connectivity index (χ1v) is 16.0. The third kappa shape index (κ3) is 4.98. The smallest absolute Gasteiger partial charge is 0.338 e. The normalized spacial score (nSPS) is 37.2. The highest BCUT2D eigenvalue weighted by molar-refractivity contribution is 5.93. The second-order valence-electron chi connectivity index (χ2n) is 14.3. The summed E-state index contributed by atoms with van der Waals surface area (Å²) in [4.78, 5) is 41.6. The monoisotopic (exact) mass is 649 g/mol. The fraction of sp³-hybridized carbons (Fsp3) is 0.528. The Morgan fingerprint density at radius 3 is 2.21 bits per heavy atom. The Labute approximate surface area is 273 Å². The Bertz CT molecular complexity index is 1590. The lowest BCUT2D eigenvalue weighted by Crippen LogP contribution is -2.78. The molecule has 10 atom stereocenters. The number of Topliss-reactive ketones (excluding diaryl/α,β-unsaturated/α-hetero) is 1. The molecular formula is C36H43NO10. The van der Waals surface area contributed by atoms with Crippen molar-refractivity contribution in [3.63, 3.8) is 0 Å². The minimum atomic E-state index is -2.11. The third-order valence-corrected chi connectivity index (χ3v) is 11.5. The van der Waals surface area contributed by atoms with Gasteiger partial charge in [0.15, 0.2) is 11.9 Å². The summed E-state index contributed by atoms with van der Waals surface area (Å²) in [6, 6.07) is 15.6. The van der Waals surface area contributed by atoms with E-state index in [4.69, 9.17) is 19.9 Å². The fourth-order valence-electron chi connectivity index (χ4n) is 8.61. The lowest BCUT2D eigenvalue weighted by molar-refractivity contribution is -0.329. The summed E-state index contributed by atoms with van der Waals surface area (Å²) in [6.07, 6.45) is -6.80. The molecule has 0 radical (unpaired) electrons. The van der Waals surface area contributed by atoms with Crippen LogP contribution in [0.4, 0.5) is 0 Å². The zero-order valence-corrected chi connectivity index (χ0v) is 27.0. The molecule has 2 aromatic carbocycles. The van der Waals surface area contributed by atoms with Crippen LogP contribution >= 0.6 is 0 Å². The first-order valence-electron chi connectivity index (χ1n) is 16.0. The number of ether oxygens (including phenoxy) is 3. The second-order valence-corrected chi connectivity index (χ2v) is 14.3. The molecule has 11 heteroatoms. The van der Waals surface area contributed by atoms with Gasteiger partial charge in [-0.25, -0.2) is 9.59 Å². The summed E-state index contributed by atoms with van der Waals surface area (Å²) < 4.78 is 17.8. The van der Waals surface area contributed by atoms with E-state index in [1.54, 1.807) is 88.4 Å². The highest BCUT2D eigenvalue weighted by Gasteiger charge is 2.74. The number of ketones is 1. The molecule has 47 heavy (non-hydrogen) atoms. The van der Waals surface area contributed by atoms with Crippen LogP contribution in [-0.2, 0) is 23.8 Å². The van der Waals surface area contributed by atoms with Crippen molar-refractivity contribution in [1.29, 1.82) is 0 Å². The van der Waals surface area contributed by atoms with Gasteiger partial charge in [0.2, 0.25) is 0 Å². The molecule has 6 rings (SSSR count). The summed E-state index contributed by atoms with van der Waals surface area (Å²) in [5.74, 6) is -3.66.